The second-order valence-electron chi connectivity index (χ2n) is 4.89. The number of nitrogens with zero attached hydrogens (tertiary/aromatic N) is 4. The number of hydrogen-bond donors (Lipinski definition) is 1. The minimum atomic E-state index is 0.469. The third-order valence-corrected chi connectivity index (χ3v) is 3.84. The van der Waals surface area contributed by atoms with Gasteiger partial charge in [-0.3, -0.25) is 0 Å². The fourth-order valence-electron chi connectivity index (χ4n) is 2.00. The van der Waals surface area contributed by atoms with E-state index in [1.807, 2.05) is 38.4 Å². The second-order valence-corrected chi connectivity index (χ2v) is 6.26. The molecule has 0 saturated carbocycles. The lowest BCUT2D eigenvalue weighted by Gasteiger charge is -2.11. The van der Waals surface area contributed by atoms with Crippen LogP contribution in [0.4, 0.5) is 10.9 Å². The minimum Gasteiger partial charge on any atom is -0.316 e. The highest BCUT2D eigenvalue weighted by Crippen LogP contribution is 2.27. The van der Waals surface area contributed by atoms with Crippen LogP contribution in [0.5, 0.6) is 0 Å². The van der Waals surface area contributed by atoms with Crippen molar-refractivity contribution in [2.24, 2.45) is 0 Å². The first-order chi connectivity index (χ1) is 10.1. The van der Waals surface area contributed by atoms with E-state index in [9.17, 15) is 0 Å². The molecule has 7 heteroatoms. The van der Waals surface area contributed by atoms with Crippen molar-refractivity contribution in [3.8, 4) is 0 Å². The standard InChI is InChI=1S/C14H14ClN5S/c1-20(2)8-9-6-11(15)18-12(7-9)19-14-17-10-4-3-5-16-13(10)21-14/h3-7H,8H2,1-2H3,(H,17,18,19). The largest absolute Gasteiger partial charge is 0.316 e. The molecule has 0 aliphatic rings. The molecule has 1 N–H and O–H groups in total. The van der Waals surface area contributed by atoms with Gasteiger partial charge in [0.15, 0.2) is 5.13 Å². The first-order valence-electron chi connectivity index (χ1n) is 6.40. The fraction of sp³-hybridized carbons (Fsp3) is 0.214. The Kier molecular flexibility index (Phi) is 4.01. The molecule has 3 aromatic rings. The van der Waals surface area contributed by atoms with E-state index in [1.54, 1.807) is 6.20 Å². The van der Waals surface area contributed by atoms with Crippen LogP contribution < -0.4 is 5.32 Å². The molecule has 0 unspecified atom stereocenters. The lowest BCUT2D eigenvalue weighted by molar-refractivity contribution is 0.402. The van der Waals surface area contributed by atoms with Crippen molar-refractivity contribution in [2.45, 2.75) is 6.54 Å². The number of hydrogen-bond acceptors (Lipinski definition) is 6. The van der Waals surface area contributed by atoms with Gasteiger partial charge < -0.3 is 10.2 Å². The molecule has 3 aromatic heterocycles. The maximum Gasteiger partial charge on any atom is 0.190 e. The SMILES string of the molecule is CN(C)Cc1cc(Cl)nc(Nc2nc3cccnc3s2)c1. The highest BCUT2D eigenvalue weighted by molar-refractivity contribution is 7.21. The van der Waals surface area contributed by atoms with Gasteiger partial charge in [-0.15, -0.1) is 0 Å². The molecule has 0 aliphatic carbocycles. The molecule has 0 saturated heterocycles. The van der Waals surface area contributed by atoms with Gasteiger partial charge in [-0.1, -0.05) is 22.9 Å². The van der Waals surface area contributed by atoms with Crippen molar-refractivity contribution in [1.82, 2.24) is 19.9 Å². The highest BCUT2D eigenvalue weighted by Gasteiger charge is 2.07. The Labute approximate surface area is 131 Å². The Bertz CT molecular complexity index is 738. The number of anilines is 2. The van der Waals surface area contributed by atoms with Crippen LogP contribution in [0.3, 0.4) is 0 Å². The summed E-state index contributed by atoms with van der Waals surface area (Å²) in [5.74, 6) is 0.693. The molecule has 3 rings (SSSR count). The van der Waals surface area contributed by atoms with Gasteiger partial charge in [0.1, 0.15) is 21.3 Å². The topological polar surface area (TPSA) is 53.9 Å². The minimum absolute atomic E-state index is 0.469. The molecule has 108 valence electrons. The van der Waals surface area contributed by atoms with Crippen molar-refractivity contribution < 1.29 is 0 Å². The predicted molar refractivity (Wildman–Crippen MR) is 87.3 cm³/mol. The maximum atomic E-state index is 6.08. The van der Waals surface area contributed by atoms with Gasteiger partial charge in [0.25, 0.3) is 0 Å². The Morgan fingerprint density at radius 3 is 2.90 bits per heavy atom. The molecule has 0 atom stereocenters. The molecule has 0 amide bonds. The number of pyridine rings is 2. The van der Waals surface area contributed by atoms with Gasteiger partial charge in [0.05, 0.1) is 0 Å². The zero-order chi connectivity index (χ0) is 14.8. The fourth-order valence-corrected chi connectivity index (χ4v) is 3.05. The van der Waals surface area contributed by atoms with E-state index in [2.05, 4.69) is 25.2 Å². The number of thiazole rings is 1. The van der Waals surface area contributed by atoms with E-state index in [4.69, 9.17) is 11.6 Å². The lowest BCUT2D eigenvalue weighted by Crippen LogP contribution is -2.11. The molecular formula is C14H14ClN5S. The summed E-state index contributed by atoms with van der Waals surface area (Å²) in [4.78, 5) is 16.0. The first kappa shape index (κ1) is 14.2. The summed E-state index contributed by atoms with van der Waals surface area (Å²) in [7, 11) is 4.03. The quantitative estimate of drug-likeness (QED) is 0.745. The van der Waals surface area contributed by atoms with Gasteiger partial charge >= 0.3 is 0 Å². The number of rotatable bonds is 4. The Hall–Kier alpha value is -1.76. The van der Waals surface area contributed by atoms with Crippen LogP contribution in [0.1, 0.15) is 5.56 Å². The summed E-state index contributed by atoms with van der Waals surface area (Å²) in [6.07, 6.45) is 1.76. The molecule has 0 bridgehead atoms. The zero-order valence-corrected chi connectivity index (χ0v) is 13.2. The van der Waals surface area contributed by atoms with Gasteiger partial charge in [-0.05, 0) is 43.9 Å². The average molecular weight is 320 g/mol. The normalized spacial score (nSPS) is 11.2. The molecule has 0 spiro atoms. The van der Waals surface area contributed by atoms with Crippen LogP contribution in [-0.4, -0.2) is 33.9 Å². The number of nitrogens with one attached hydrogen (secondary N) is 1. The number of halogens is 1. The zero-order valence-electron chi connectivity index (χ0n) is 11.7. The lowest BCUT2D eigenvalue weighted by atomic mass is 10.2. The van der Waals surface area contributed by atoms with E-state index >= 15 is 0 Å². The van der Waals surface area contributed by atoms with Crippen molar-refractivity contribution in [3.05, 3.63) is 41.2 Å². The summed E-state index contributed by atoms with van der Waals surface area (Å²) in [6, 6.07) is 7.66. The molecule has 0 fully saturated rings. The molecule has 5 nitrogen and oxygen atoms in total. The Balaban J connectivity index is 1.88. The monoisotopic (exact) mass is 319 g/mol. The summed E-state index contributed by atoms with van der Waals surface area (Å²) in [6.45, 7) is 0.804. The van der Waals surface area contributed by atoms with Crippen LogP contribution in [-0.2, 0) is 6.54 Å². The molecule has 0 aliphatic heterocycles. The van der Waals surface area contributed by atoms with Crippen molar-refractivity contribution in [3.63, 3.8) is 0 Å². The number of fused-ring (bicyclic) bond motifs is 1. The summed E-state index contributed by atoms with van der Waals surface area (Å²) < 4.78 is 0. The van der Waals surface area contributed by atoms with Crippen molar-refractivity contribution in [2.75, 3.05) is 19.4 Å². The average Bonchev–Trinajstić information content (AvgIpc) is 2.78. The molecule has 0 aromatic carbocycles. The molecule has 21 heavy (non-hydrogen) atoms. The van der Waals surface area contributed by atoms with Crippen molar-refractivity contribution >= 4 is 44.2 Å². The number of aromatic nitrogens is 3. The highest BCUT2D eigenvalue weighted by atomic mass is 35.5. The van der Waals surface area contributed by atoms with Crippen LogP contribution >= 0.6 is 22.9 Å². The van der Waals surface area contributed by atoms with E-state index in [-0.39, 0.29) is 0 Å². The van der Waals surface area contributed by atoms with Gasteiger partial charge in [-0.25, -0.2) is 15.0 Å². The van der Waals surface area contributed by atoms with E-state index in [0.717, 1.165) is 27.6 Å². The first-order valence-corrected chi connectivity index (χ1v) is 7.59. The van der Waals surface area contributed by atoms with Gasteiger partial charge in [0.2, 0.25) is 0 Å². The summed E-state index contributed by atoms with van der Waals surface area (Å²) in [5, 5.41) is 4.43. The predicted octanol–water partition coefficient (Wildman–Crippen LogP) is 3.54. The van der Waals surface area contributed by atoms with E-state index < -0.39 is 0 Å². The van der Waals surface area contributed by atoms with E-state index in [0.29, 0.717) is 11.0 Å². The van der Waals surface area contributed by atoms with Crippen LogP contribution in [0.2, 0.25) is 5.15 Å². The van der Waals surface area contributed by atoms with Crippen LogP contribution in [0.25, 0.3) is 10.3 Å². The third-order valence-electron chi connectivity index (χ3n) is 2.75. The van der Waals surface area contributed by atoms with Gasteiger partial charge in [-0.2, -0.15) is 0 Å². The third kappa shape index (κ3) is 3.47. The summed E-state index contributed by atoms with van der Waals surface area (Å²) in [5.41, 5.74) is 1.97. The second kappa shape index (κ2) is 5.93. The Morgan fingerprint density at radius 2 is 2.14 bits per heavy atom. The van der Waals surface area contributed by atoms with Gasteiger partial charge in [0, 0.05) is 12.7 Å². The maximum absolute atomic E-state index is 6.08. The van der Waals surface area contributed by atoms with Crippen molar-refractivity contribution in [1.29, 1.82) is 0 Å². The Morgan fingerprint density at radius 1 is 1.29 bits per heavy atom. The molecule has 0 radical (unpaired) electrons. The van der Waals surface area contributed by atoms with E-state index in [1.165, 1.54) is 11.3 Å². The summed E-state index contributed by atoms with van der Waals surface area (Å²) >= 11 is 7.57. The smallest absolute Gasteiger partial charge is 0.190 e. The van der Waals surface area contributed by atoms with Crippen LogP contribution in [0.15, 0.2) is 30.5 Å². The molecular weight excluding hydrogens is 306 g/mol. The van der Waals surface area contributed by atoms with Crippen LogP contribution in [0, 0.1) is 0 Å². The molecule has 3 heterocycles.